The molecule has 1 atom stereocenters. The number of hydrogen-bond acceptors (Lipinski definition) is 4. The van der Waals surface area contributed by atoms with Crippen LogP contribution in [-0.4, -0.2) is 28.2 Å². The molecule has 1 aromatic carbocycles. The average Bonchev–Trinajstić information content (AvgIpc) is 3.30. The Bertz CT molecular complexity index is 1020. The summed E-state index contributed by atoms with van der Waals surface area (Å²) in [6, 6.07) is 11.5. The molecule has 3 heterocycles. The van der Waals surface area contributed by atoms with E-state index in [-0.39, 0.29) is 23.2 Å². The number of para-hydroxylation sites is 1. The second-order valence-electron chi connectivity index (χ2n) is 6.23. The van der Waals surface area contributed by atoms with Crippen molar-refractivity contribution in [3.63, 3.8) is 0 Å². The van der Waals surface area contributed by atoms with Gasteiger partial charge in [0.2, 0.25) is 0 Å². The van der Waals surface area contributed by atoms with Crippen molar-refractivity contribution >= 4 is 34.1 Å². The van der Waals surface area contributed by atoms with Crippen LogP contribution in [0.2, 0.25) is 0 Å². The molecule has 132 valence electrons. The molecule has 0 aliphatic carbocycles. The molecule has 1 aliphatic rings. The summed E-state index contributed by atoms with van der Waals surface area (Å²) in [7, 11) is 0. The number of rotatable bonds is 3. The fourth-order valence-electron chi connectivity index (χ4n) is 3.35. The number of carbonyl (C=O) groups excluding carboxylic acids is 2. The molecule has 1 saturated heterocycles. The van der Waals surface area contributed by atoms with E-state index in [1.54, 1.807) is 35.2 Å². The van der Waals surface area contributed by atoms with Crippen LogP contribution in [0.5, 0.6) is 0 Å². The minimum absolute atomic E-state index is 0.112. The Balaban J connectivity index is 1.66. The third-order valence-corrected chi connectivity index (χ3v) is 5.80. The number of carbonyl (C=O) groups is 2. The lowest BCUT2D eigenvalue weighted by molar-refractivity contribution is 0.0732. The largest absolute Gasteiger partial charge is 0.365 e. The zero-order valence-electron chi connectivity index (χ0n) is 13.8. The summed E-state index contributed by atoms with van der Waals surface area (Å²) < 4.78 is 14.0. The SMILES string of the molecule is NC(=O)c1ccc(C2CCCN2C(=O)c2ccc3cccc(F)c3n2)s1. The maximum Gasteiger partial charge on any atom is 0.273 e. The van der Waals surface area contributed by atoms with Crippen LogP contribution in [0, 0.1) is 5.82 Å². The van der Waals surface area contributed by atoms with Crippen LogP contribution in [0.4, 0.5) is 4.39 Å². The standard InChI is InChI=1S/C19H16FN3O2S/c20-12-4-1-3-11-6-7-13(22-17(11)12)19(25)23-10-2-5-14(23)15-8-9-16(26-15)18(21)24/h1,3-4,6-9,14H,2,5,10H2,(H2,21,24). The van der Waals surface area contributed by atoms with Crippen LogP contribution in [0.1, 0.15) is 43.9 Å². The Morgan fingerprint density at radius 3 is 2.81 bits per heavy atom. The van der Waals surface area contributed by atoms with Gasteiger partial charge in [0.15, 0.2) is 0 Å². The molecule has 0 saturated carbocycles. The zero-order valence-corrected chi connectivity index (χ0v) is 14.6. The van der Waals surface area contributed by atoms with Gasteiger partial charge in [-0.25, -0.2) is 9.37 Å². The first kappa shape index (κ1) is 16.7. The van der Waals surface area contributed by atoms with Crippen LogP contribution >= 0.6 is 11.3 Å². The number of nitrogens with zero attached hydrogens (tertiary/aromatic N) is 2. The first-order chi connectivity index (χ1) is 12.5. The summed E-state index contributed by atoms with van der Waals surface area (Å²) in [6.07, 6.45) is 1.68. The number of fused-ring (bicyclic) bond motifs is 1. The number of benzene rings is 1. The first-order valence-corrected chi connectivity index (χ1v) is 9.12. The topological polar surface area (TPSA) is 76.3 Å². The summed E-state index contributed by atoms with van der Waals surface area (Å²) in [5.74, 6) is -1.14. The lowest BCUT2D eigenvalue weighted by atomic mass is 10.1. The minimum atomic E-state index is -0.469. The Labute approximate surface area is 153 Å². The lowest BCUT2D eigenvalue weighted by Gasteiger charge is -2.23. The number of pyridine rings is 1. The Kier molecular flexibility index (Phi) is 4.16. The van der Waals surface area contributed by atoms with E-state index in [2.05, 4.69) is 4.98 Å². The van der Waals surface area contributed by atoms with Gasteiger partial charge in [0.25, 0.3) is 11.8 Å². The normalized spacial score (nSPS) is 17.0. The second kappa shape index (κ2) is 6.49. The molecule has 2 aromatic heterocycles. The van der Waals surface area contributed by atoms with Crippen molar-refractivity contribution in [1.82, 2.24) is 9.88 Å². The van der Waals surface area contributed by atoms with E-state index in [0.29, 0.717) is 16.8 Å². The molecule has 0 bridgehead atoms. The van der Waals surface area contributed by atoms with Crippen LogP contribution in [0.25, 0.3) is 10.9 Å². The lowest BCUT2D eigenvalue weighted by Crippen LogP contribution is -2.30. The second-order valence-corrected chi connectivity index (χ2v) is 7.35. The van der Waals surface area contributed by atoms with E-state index < -0.39 is 11.7 Å². The van der Waals surface area contributed by atoms with E-state index in [4.69, 9.17) is 5.73 Å². The van der Waals surface area contributed by atoms with Crippen molar-refractivity contribution < 1.29 is 14.0 Å². The van der Waals surface area contributed by atoms with Crippen molar-refractivity contribution in [2.45, 2.75) is 18.9 Å². The summed E-state index contributed by atoms with van der Waals surface area (Å²) in [4.78, 5) is 31.7. The summed E-state index contributed by atoms with van der Waals surface area (Å²) in [6.45, 7) is 0.601. The van der Waals surface area contributed by atoms with Crippen LogP contribution in [-0.2, 0) is 0 Å². The Morgan fingerprint density at radius 1 is 1.19 bits per heavy atom. The van der Waals surface area contributed by atoms with Gasteiger partial charge < -0.3 is 10.6 Å². The number of nitrogens with two attached hydrogens (primary N) is 1. The molecule has 26 heavy (non-hydrogen) atoms. The molecule has 1 aliphatic heterocycles. The molecule has 5 nitrogen and oxygen atoms in total. The molecule has 3 aromatic rings. The summed E-state index contributed by atoms with van der Waals surface area (Å²) in [5.41, 5.74) is 5.74. The maximum atomic E-state index is 14.0. The quantitative estimate of drug-likeness (QED) is 0.767. The summed E-state index contributed by atoms with van der Waals surface area (Å²) in [5, 5.41) is 0.656. The van der Waals surface area contributed by atoms with E-state index in [9.17, 15) is 14.0 Å². The van der Waals surface area contributed by atoms with Gasteiger partial charge in [-0.3, -0.25) is 9.59 Å². The third kappa shape index (κ3) is 2.84. The van der Waals surface area contributed by atoms with Crippen molar-refractivity contribution in [2.24, 2.45) is 5.73 Å². The number of aromatic nitrogens is 1. The zero-order chi connectivity index (χ0) is 18.3. The van der Waals surface area contributed by atoms with Crippen LogP contribution in [0.3, 0.4) is 0 Å². The van der Waals surface area contributed by atoms with Crippen LogP contribution in [0.15, 0.2) is 42.5 Å². The van der Waals surface area contributed by atoms with Gasteiger partial charge >= 0.3 is 0 Å². The number of halogens is 1. The highest BCUT2D eigenvalue weighted by Gasteiger charge is 2.32. The van der Waals surface area contributed by atoms with Gasteiger partial charge in [-0.2, -0.15) is 0 Å². The van der Waals surface area contributed by atoms with Gasteiger partial charge in [-0.05, 0) is 37.1 Å². The molecule has 1 unspecified atom stereocenters. The third-order valence-electron chi connectivity index (χ3n) is 4.60. The first-order valence-electron chi connectivity index (χ1n) is 8.30. The molecule has 2 N–H and O–H groups in total. The monoisotopic (exact) mass is 369 g/mol. The van der Waals surface area contributed by atoms with Gasteiger partial charge in [0, 0.05) is 16.8 Å². The fraction of sp³-hybridized carbons (Fsp3) is 0.211. The molecule has 0 radical (unpaired) electrons. The van der Waals surface area contributed by atoms with Crippen molar-refractivity contribution in [3.8, 4) is 0 Å². The highest BCUT2D eigenvalue weighted by Crippen LogP contribution is 2.36. The van der Waals surface area contributed by atoms with Crippen molar-refractivity contribution in [2.75, 3.05) is 6.54 Å². The predicted molar refractivity (Wildman–Crippen MR) is 97.5 cm³/mol. The van der Waals surface area contributed by atoms with Gasteiger partial charge in [0.1, 0.15) is 17.0 Å². The molecule has 2 amide bonds. The molecule has 4 rings (SSSR count). The number of primary amides is 1. The van der Waals surface area contributed by atoms with Crippen LogP contribution < -0.4 is 5.73 Å². The maximum absolute atomic E-state index is 14.0. The van der Waals surface area contributed by atoms with Gasteiger partial charge in [0.05, 0.1) is 10.9 Å². The highest BCUT2D eigenvalue weighted by molar-refractivity contribution is 7.14. The predicted octanol–water partition coefficient (Wildman–Crippen LogP) is 3.51. The number of amides is 2. The van der Waals surface area contributed by atoms with E-state index in [0.717, 1.165) is 17.7 Å². The average molecular weight is 369 g/mol. The summed E-state index contributed by atoms with van der Waals surface area (Å²) >= 11 is 1.31. The minimum Gasteiger partial charge on any atom is -0.365 e. The Hall–Kier alpha value is -2.80. The van der Waals surface area contributed by atoms with Crippen molar-refractivity contribution in [3.05, 3.63) is 63.7 Å². The number of likely N-dealkylation sites (tertiary alicyclic amines) is 1. The van der Waals surface area contributed by atoms with Gasteiger partial charge in [-0.1, -0.05) is 18.2 Å². The van der Waals surface area contributed by atoms with Crippen molar-refractivity contribution in [1.29, 1.82) is 0 Å². The molecule has 0 spiro atoms. The fourth-order valence-corrected chi connectivity index (χ4v) is 4.35. The number of hydrogen-bond donors (Lipinski definition) is 1. The van der Waals surface area contributed by atoms with E-state index >= 15 is 0 Å². The highest BCUT2D eigenvalue weighted by atomic mass is 32.1. The molecule has 7 heteroatoms. The van der Waals surface area contributed by atoms with E-state index in [1.807, 2.05) is 6.07 Å². The Morgan fingerprint density at radius 2 is 2.04 bits per heavy atom. The van der Waals surface area contributed by atoms with E-state index in [1.165, 1.54) is 17.4 Å². The molecule has 1 fully saturated rings. The van der Waals surface area contributed by atoms with Gasteiger partial charge in [-0.15, -0.1) is 11.3 Å². The molecular weight excluding hydrogens is 353 g/mol. The number of thiophene rings is 1. The molecular formula is C19H16FN3O2S. The smallest absolute Gasteiger partial charge is 0.273 e.